The fraction of sp³-hybridized carbons (Fsp3) is 0.250. The van der Waals surface area contributed by atoms with Crippen molar-refractivity contribution in [3.05, 3.63) is 75.4 Å². The van der Waals surface area contributed by atoms with E-state index in [-0.39, 0.29) is 11.7 Å². The number of aromatic nitrogens is 3. The van der Waals surface area contributed by atoms with Crippen LogP contribution in [0.4, 0.5) is 19.1 Å². The van der Waals surface area contributed by atoms with Crippen LogP contribution in [0.3, 0.4) is 0 Å². The van der Waals surface area contributed by atoms with Crippen LogP contribution in [-0.4, -0.2) is 20.5 Å². The maximum Gasteiger partial charge on any atom is 0.416 e. The molecule has 1 aliphatic heterocycles. The Morgan fingerprint density at radius 2 is 1.93 bits per heavy atom. The van der Waals surface area contributed by atoms with E-state index in [1.54, 1.807) is 16.0 Å². The zero-order valence-electron chi connectivity index (χ0n) is 15.0. The number of hydrogen-bond acceptors (Lipinski definition) is 5. The van der Waals surface area contributed by atoms with Crippen molar-refractivity contribution >= 4 is 23.1 Å². The molecule has 29 heavy (non-hydrogen) atoms. The van der Waals surface area contributed by atoms with Gasteiger partial charge in [0.25, 0.3) is 0 Å². The molecular weight excluding hydrogens is 401 g/mol. The van der Waals surface area contributed by atoms with E-state index >= 15 is 0 Å². The van der Waals surface area contributed by atoms with Crippen LogP contribution >= 0.6 is 11.3 Å². The van der Waals surface area contributed by atoms with Gasteiger partial charge in [-0.05, 0) is 35.6 Å². The van der Waals surface area contributed by atoms with Crippen molar-refractivity contribution in [2.24, 2.45) is 0 Å². The lowest BCUT2D eigenvalue weighted by Gasteiger charge is -2.34. The molecule has 2 atom stereocenters. The molecule has 5 nitrogen and oxygen atoms in total. The van der Waals surface area contributed by atoms with Crippen molar-refractivity contribution in [3.63, 3.8) is 0 Å². The molecule has 0 fully saturated rings. The molecule has 2 aliphatic rings. The highest BCUT2D eigenvalue weighted by Gasteiger charge is 2.40. The van der Waals surface area contributed by atoms with Gasteiger partial charge in [-0.3, -0.25) is 4.79 Å². The first-order chi connectivity index (χ1) is 13.9. The average Bonchev–Trinajstić information content (AvgIpc) is 3.37. The molecule has 3 aromatic rings. The largest absolute Gasteiger partial charge is 0.416 e. The Hall–Kier alpha value is -2.94. The number of Topliss-reactive ketones (excluding diaryl/α,β-unsaturated/α-hetero) is 1. The molecular formula is C20H15F3N4OS. The summed E-state index contributed by atoms with van der Waals surface area (Å²) in [4.78, 5) is 18.5. The van der Waals surface area contributed by atoms with Gasteiger partial charge in [0.1, 0.15) is 12.4 Å². The van der Waals surface area contributed by atoms with Gasteiger partial charge in [0, 0.05) is 28.5 Å². The minimum absolute atomic E-state index is 0.0248. The number of thiophene rings is 1. The maximum atomic E-state index is 13.1. The Balaban J connectivity index is 1.58. The lowest BCUT2D eigenvalue weighted by molar-refractivity contribution is -0.137. The van der Waals surface area contributed by atoms with Crippen LogP contribution < -0.4 is 5.32 Å². The number of halogens is 3. The van der Waals surface area contributed by atoms with Gasteiger partial charge in [0.05, 0.1) is 5.56 Å². The zero-order chi connectivity index (χ0) is 20.2. The molecule has 0 amide bonds. The summed E-state index contributed by atoms with van der Waals surface area (Å²) in [6.07, 6.45) is -2.03. The van der Waals surface area contributed by atoms with Crippen LogP contribution in [0.1, 0.15) is 40.8 Å². The van der Waals surface area contributed by atoms with Gasteiger partial charge >= 0.3 is 6.18 Å². The van der Waals surface area contributed by atoms with E-state index in [2.05, 4.69) is 15.4 Å². The number of alkyl halides is 3. The van der Waals surface area contributed by atoms with Crippen LogP contribution in [0.15, 0.2) is 59.4 Å². The molecule has 148 valence electrons. The number of nitrogens with zero attached hydrogens (tertiary/aromatic N) is 3. The SMILES string of the molecule is O=C1C[C@@H](c2cccs2)CC2=C1[C@H](c1ccc(C(F)(F)F)cc1)n1ncnc1N2. The predicted molar refractivity (Wildman–Crippen MR) is 102 cm³/mol. The van der Waals surface area contributed by atoms with E-state index in [1.807, 2.05) is 17.5 Å². The quantitative estimate of drug-likeness (QED) is 0.654. The summed E-state index contributed by atoms with van der Waals surface area (Å²) < 4.78 is 40.4. The van der Waals surface area contributed by atoms with Crippen LogP contribution in [0.5, 0.6) is 0 Å². The van der Waals surface area contributed by atoms with Gasteiger partial charge in [0.15, 0.2) is 5.78 Å². The number of fused-ring (bicyclic) bond motifs is 1. The van der Waals surface area contributed by atoms with E-state index in [9.17, 15) is 18.0 Å². The zero-order valence-corrected chi connectivity index (χ0v) is 15.8. The molecule has 0 spiro atoms. The molecule has 0 unspecified atom stereocenters. The van der Waals surface area contributed by atoms with Gasteiger partial charge in [-0.15, -0.1) is 11.3 Å². The van der Waals surface area contributed by atoms with Crippen molar-refractivity contribution in [2.75, 3.05) is 5.32 Å². The van der Waals surface area contributed by atoms with Gasteiger partial charge in [-0.2, -0.15) is 23.3 Å². The second-order valence-corrected chi connectivity index (χ2v) is 8.09. The first-order valence-electron chi connectivity index (χ1n) is 9.05. The number of rotatable bonds is 2. The number of nitrogens with one attached hydrogen (secondary N) is 1. The first-order valence-corrected chi connectivity index (χ1v) is 9.93. The lowest BCUT2D eigenvalue weighted by atomic mass is 9.80. The van der Waals surface area contributed by atoms with Gasteiger partial charge in [-0.25, -0.2) is 4.68 Å². The molecule has 5 rings (SSSR count). The number of allylic oxidation sites excluding steroid dienone is 2. The van der Waals surface area contributed by atoms with Crippen molar-refractivity contribution in [2.45, 2.75) is 31.0 Å². The lowest BCUT2D eigenvalue weighted by Crippen LogP contribution is -2.33. The summed E-state index contributed by atoms with van der Waals surface area (Å²) in [6, 6.07) is 8.28. The standard InChI is InChI=1S/C20H15F3N4OS/c21-20(22,23)13-5-3-11(4-6-13)18-17-14(26-19-24-10-25-27(18)19)8-12(9-15(17)28)16-2-1-7-29-16/h1-7,10,12,18H,8-9H2,(H,24,25,26)/t12-,18-/m0/s1. The second-order valence-electron chi connectivity index (χ2n) is 7.11. The molecule has 0 saturated heterocycles. The van der Waals surface area contributed by atoms with Gasteiger partial charge in [-0.1, -0.05) is 18.2 Å². The van der Waals surface area contributed by atoms with Crippen molar-refractivity contribution < 1.29 is 18.0 Å². The molecule has 1 N–H and O–H groups in total. The van der Waals surface area contributed by atoms with Crippen LogP contribution in [0.2, 0.25) is 0 Å². The molecule has 1 aromatic carbocycles. The highest BCUT2D eigenvalue weighted by atomic mass is 32.1. The molecule has 2 aromatic heterocycles. The van der Waals surface area contributed by atoms with E-state index < -0.39 is 17.8 Å². The Bertz CT molecular complexity index is 1100. The minimum atomic E-state index is -4.41. The fourth-order valence-electron chi connectivity index (χ4n) is 4.04. The van der Waals surface area contributed by atoms with Crippen LogP contribution in [0, 0.1) is 0 Å². The highest BCUT2D eigenvalue weighted by molar-refractivity contribution is 7.10. The Morgan fingerprint density at radius 1 is 1.14 bits per heavy atom. The Morgan fingerprint density at radius 3 is 2.62 bits per heavy atom. The summed E-state index contributed by atoms with van der Waals surface area (Å²) in [7, 11) is 0. The normalized spacial score (nSPS) is 21.6. The number of ketones is 1. The summed E-state index contributed by atoms with van der Waals surface area (Å²) in [6.45, 7) is 0. The molecule has 9 heteroatoms. The fourth-order valence-corrected chi connectivity index (χ4v) is 4.87. The smallest absolute Gasteiger partial charge is 0.328 e. The number of benzene rings is 1. The van der Waals surface area contributed by atoms with Crippen LogP contribution in [-0.2, 0) is 11.0 Å². The van der Waals surface area contributed by atoms with E-state index in [0.29, 0.717) is 29.9 Å². The number of anilines is 1. The van der Waals surface area contributed by atoms with Crippen molar-refractivity contribution in [1.29, 1.82) is 0 Å². The van der Waals surface area contributed by atoms with Gasteiger partial charge in [0.2, 0.25) is 5.95 Å². The Kier molecular flexibility index (Phi) is 4.09. The Labute approximate surface area is 167 Å². The van der Waals surface area contributed by atoms with Crippen molar-refractivity contribution in [1.82, 2.24) is 14.8 Å². The highest BCUT2D eigenvalue weighted by Crippen LogP contribution is 2.44. The third kappa shape index (κ3) is 3.05. The topological polar surface area (TPSA) is 59.8 Å². The average molecular weight is 416 g/mol. The van der Waals surface area contributed by atoms with Gasteiger partial charge < -0.3 is 5.32 Å². The molecule has 0 radical (unpaired) electrons. The van der Waals surface area contributed by atoms with Crippen LogP contribution in [0.25, 0.3) is 0 Å². The minimum Gasteiger partial charge on any atom is -0.328 e. The van der Waals surface area contributed by atoms with E-state index in [0.717, 1.165) is 22.7 Å². The molecule has 0 bridgehead atoms. The number of hydrogen-bond donors (Lipinski definition) is 1. The molecule has 0 saturated carbocycles. The van der Waals surface area contributed by atoms with E-state index in [1.165, 1.54) is 18.5 Å². The molecule has 1 aliphatic carbocycles. The summed E-state index contributed by atoms with van der Waals surface area (Å²) in [5.41, 5.74) is 1.17. The van der Waals surface area contributed by atoms with Crippen molar-refractivity contribution in [3.8, 4) is 0 Å². The summed E-state index contributed by atoms with van der Waals surface area (Å²) >= 11 is 1.62. The first kappa shape index (κ1) is 18.1. The third-order valence-electron chi connectivity index (χ3n) is 5.36. The predicted octanol–water partition coefficient (Wildman–Crippen LogP) is 4.77. The van der Waals surface area contributed by atoms with E-state index in [4.69, 9.17) is 0 Å². The summed E-state index contributed by atoms with van der Waals surface area (Å²) in [5.74, 6) is 0.535. The third-order valence-corrected chi connectivity index (χ3v) is 6.40. The molecule has 3 heterocycles. The second kappa shape index (κ2) is 6.55. The summed E-state index contributed by atoms with van der Waals surface area (Å²) in [5, 5.41) is 9.41. The number of carbonyl (C=O) groups is 1. The maximum absolute atomic E-state index is 13.1. The number of carbonyl (C=O) groups excluding carboxylic acids is 1. The monoisotopic (exact) mass is 416 g/mol.